The molecule has 0 saturated carbocycles. The molecule has 4 rings (SSSR count). The Bertz CT molecular complexity index is 943. The average Bonchev–Trinajstić information content (AvgIpc) is 3.18. The molecule has 2 heterocycles. The minimum Gasteiger partial charge on any atom is -0.497 e. The summed E-state index contributed by atoms with van der Waals surface area (Å²) in [6.07, 6.45) is 0. The lowest BCUT2D eigenvalue weighted by Crippen LogP contribution is -2.48. The Hall–Kier alpha value is -2.37. The number of nitrogens with zero attached hydrogens (tertiary/aromatic N) is 2. The van der Waals surface area contributed by atoms with Gasteiger partial charge < -0.3 is 9.64 Å². The van der Waals surface area contributed by atoms with Gasteiger partial charge in [-0.1, -0.05) is 25.1 Å². The van der Waals surface area contributed by atoms with E-state index in [0.29, 0.717) is 0 Å². The van der Waals surface area contributed by atoms with Gasteiger partial charge in [-0.25, -0.2) is 0 Å². The van der Waals surface area contributed by atoms with E-state index in [2.05, 4.69) is 41.0 Å². The maximum Gasteiger partial charge on any atom is 0.168 e. The van der Waals surface area contributed by atoms with Gasteiger partial charge in [0.15, 0.2) is 5.78 Å². The standard InChI is InChI=1S/C23H26N2O2S/c1-17(23(26)21-16-28-22-6-4-3-5-20(21)22)15-24-11-13-25(14-12-24)18-7-9-19(27-2)10-8-18/h3-10,16-17H,11-15H2,1-2H3. The van der Waals surface area contributed by atoms with Gasteiger partial charge in [-0.3, -0.25) is 9.69 Å². The molecule has 3 aromatic rings. The SMILES string of the molecule is COc1ccc(N2CCN(CC(C)C(=O)c3csc4ccccc34)CC2)cc1. The minimum absolute atomic E-state index is 0.00513. The van der Waals surface area contributed by atoms with Crippen LogP contribution in [-0.2, 0) is 0 Å². The molecule has 5 heteroatoms. The van der Waals surface area contributed by atoms with Gasteiger partial charge in [0.1, 0.15) is 5.75 Å². The molecule has 0 N–H and O–H groups in total. The third kappa shape index (κ3) is 3.91. The molecule has 4 nitrogen and oxygen atoms in total. The van der Waals surface area contributed by atoms with Crippen molar-refractivity contribution in [2.75, 3.05) is 44.7 Å². The van der Waals surface area contributed by atoms with Crippen LogP contribution in [0.1, 0.15) is 17.3 Å². The van der Waals surface area contributed by atoms with Gasteiger partial charge in [-0.2, -0.15) is 0 Å². The normalized spacial score (nSPS) is 16.3. The van der Waals surface area contributed by atoms with E-state index >= 15 is 0 Å². The van der Waals surface area contributed by atoms with Crippen molar-refractivity contribution in [2.24, 2.45) is 5.92 Å². The van der Waals surface area contributed by atoms with E-state index in [1.54, 1.807) is 18.4 Å². The van der Waals surface area contributed by atoms with E-state index in [-0.39, 0.29) is 11.7 Å². The number of fused-ring (bicyclic) bond motifs is 1. The van der Waals surface area contributed by atoms with Gasteiger partial charge in [0, 0.05) is 65.4 Å². The number of methoxy groups -OCH3 is 1. The molecular formula is C23H26N2O2S. The van der Waals surface area contributed by atoms with Crippen LogP contribution in [0.2, 0.25) is 0 Å². The Morgan fingerprint density at radius 3 is 2.50 bits per heavy atom. The van der Waals surface area contributed by atoms with Crippen molar-refractivity contribution in [1.29, 1.82) is 0 Å². The van der Waals surface area contributed by atoms with Crippen molar-refractivity contribution in [3.8, 4) is 5.75 Å². The van der Waals surface area contributed by atoms with Crippen molar-refractivity contribution in [3.63, 3.8) is 0 Å². The number of ketones is 1. The molecule has 0 amide bonds. The molecular weight excluding hydrogens is 368 g/mol. The molecule has 1 aliphatic rings. The number of benzene rings is 2. The Balaban J connectivity index is 1.34. The van der Waals surface area contributed by atoms with Gasteiger partial charge in [-0.15, -0.1) is 11.3 Å². The Morgan fingerprint density at radius 2 is 1.79 bits per heavy atom. The van der Waals surface area contributed by atoms with Gasteiger partial charge in [-0.05, 0) is 30.3 Å². The van der Waals surface area contributed by atoms with Crippen molar-refractivity contribution in [2.45, 2.75) is 6.92 Å². The Morgan fingerprint density at radius 1 is 1.07 bits per heavy atom. The lowest BCUT2D eigenvalue weighted by atomic mass is 9.98. The van der Waals surface area contributed by atoms with E-state index in [4.69, 9.17) is 4.74 Å². The van der Waals surface area contributed by atoms with Crippen LogP contribution in [0.3, 0.4) is 0 Å². The lowest BCUT2D eigenvalue weighted by molar-refractivity contribution is 0.0893. The van der Waals surface area contributed by atoms with E-state index in [1.165, 1.54) is 10.4 Å². The number of thiophene rings is 1. The minimum atomic E-state index is 0.00513. The van der Waals surface area contributed by atoms with Crippen LogP contribution in [0.4, 0.5) is 5.69 Å². The van der Waals surface area contributed by atoms with Crippen molar-refractivity contribution in [1.82, 2.24) is 4.90 Å². The first-order valence-electron chi connectivity index (χ1n) is 9.77. The number of anilines is 1. The molecule has 2 aromatic carbocycles. The Labute approximate surface area is 170 Å². The molecule has 0 bridgehead atoms. The molecule has 1 atom stereocenters. The summed E-state index contributed by atoms with van der Waals surface area (Å²) in [5.41, 5.74) is 2.11. The predicted molar refractivity (Wildman–Crippen MR) is 117 cm³/mol. The van der Waals surface area contributed by atoms with Gasteiger partial charge in [0.2, 0.25) is 0 Å². The summed E-state index contributed by atoms with van der Waals surface area (Å²) in [4.78, 5) is 17.8. The summed E-state index contributed by atoms with van der Waals surface area (Å²) in [6, 6.07) is 16.4. The van der Waals surface area contributed by atoms with Crippen molar-refractivity contribution >= 4 is 32.9 Å². The third-order valence-electron chi connectivity index (χ3n) is 5.54. The summed E-state index contributed by atoms with van der Waals surface area (Å²) in [5.74, 6) is 1.15. The van der Waals surface area contributed by atoms with Gasteiger partial charge >= 0.3 is 0 Å². The van der Waals surface area contributed by atoms with E-state index < -0.39 is 0 Å². The maximum absolute atomic E-state index is 13.0. The molecule has 146 valence electrons. The highest BCUT2D eigenvalue weighted by molar-refractivity contribution is 7.17. The summed E-state index contributed by atoms with van der Waals surface area (Å²) in [6.45, 7) is 6.80. The van der Waals surface area contributed by atoms with Gasteiger partial charge in [0.25, 0.3) is 0 Å². The second kappa shape index (κ2) is 8.33. The highest BCUT2D eigenvalue weighted by Crippen LogP contribution is 2.28. The first kappa shape index (κ1) is 19.0. The fourth-order valence-electron chi connectivity index (χ4n) is 3.89. The zero-order valence-corrected chi connectivity index (χ0v) is 17.2. The summed E-state index contributed by atoms with van der Waals surface area (Å²) < 4.78 is 6.43. The van der Waals surface area contributed by atoms with Crippen molar-refractivity contribution < 1.29 is 9.53 Å². The number of hydrogen-bond acceptors (Lipinski definition) is 5. The van der Waals surface area contributed by atoms with Gasteiger partial charge in [0.05, 0.1) is 7.11 Å². The first-order valence-corrected chi connectivity index (χ1v) is 10.7. The van der Waals surface area contributed by atoms with Crippen LogP contribution in [0.15, 0.2) is 53.9 Å². The van der Waals surface area contributed by atoms with Crippen LogP contribution >= 0.6 is 11.3 Å². The zero-order valence-electron chi connectivity index (χ0n) is 16.4. The number of piperazine rings is 1. The highest BCUT2D eigenvalue weighted by Gasteiger charge is 2.24. The third-order valence-corrected chi connectivity index (χ3v) is 6.50. The van der Waals surface area contributed by atoms with E-state index in [9.17, 15) is 4.79 Å². The topological polar surface area (TPSA) is 32.8 Å². The number of carbonyl (C=O) groups excluding carboxylic acids is 1. The number of rotatable bonds is 6. The molecule has 28 heavy (non-hydrogen) atoms. The second-order valence-corrected chi connectivity index (χ2v) is 8.31. The highest BCUT2D eigenvalue weighted by atomic mass is 32.1. The number of ether oxygens (including phenoxy) is 1. The molecule has 0 radical (unpaired) electrons. The molecule has 1 saturated heterocycles. The molecule has 1 aliphatic heterocycles. The second-order valence-electron chi connectivity index (χ2n) is 7.40. The van der Waals surface area contributed by atoms with Crippen LogP contribution in [0, 0.1) is 5.92 Å². The van der Waals surface area contributed by atoms with Crippen molar-refractivity contribution in [3.05, 3.63) is 59.5 Å². The fraction of sp³-hybridized carbons (Fsp3) is 0.348. The van der Waals surface area contributed by atoms with Crippen LogP contribution in [0.5, 0.6) is 5.75 Å². The lowest BCUT2D eigenvalue weighted by Gasteiger charge is -2.37. The Kier molecular flexibility index (Phi) is 5.64. The van der Waals surface area contributed by atoms with Crippen LogP contribution in [-0.4, -0.2) is 50.5 Å². The van der Waals surface area contributed by atoms with E-state index in [0.717, 1.165) is 49.4 Å². The molecule has 1 unspecified atom stereocenters. The zero-order chi connectivity index (χ0) is 19.5. The van der Waals surface area contributed by atoms with Crippen LogP contribution in [0.25, 0.3) is 10.1 Å². The molecule has 0 aliphatic carbocycles. The average molecular weight is 395 g/mol. The smallest absolute Gasteiger partial charge is 0.168 e. The fourth-order valence-corrected chi connectivity index (χ4v) is 4.84. The summed E-state index contributed by atoms with van der Waals surface area (Å²) in [7, 11) is 1.69. The number of carbonyl (C=O) groups is 1. The molecule has 1 fully saturated rings. The summed E-state index contributed by atoms with van der Waals surface area (Å²) >= 11 is 1.66. The quantitative estimate of drug-likeness (QED) is 0.574. The predicted octanol–water partition coefficient (Wildman–Crippen LogP) is 4.55. The monoisotopic (exact) mass is 394 g/mol. The first-order chi connectivity index (χ1) is 13.7. The molecule has 1 aromatic heterocycles. The number of hydrogen-bond donors (Lipinski definition) is 0. The molecule has 0 spiro atoms. The summed E-state index contributed by atoms with van der Waals surface area (Å²) in [5, 5.41) is 3.11. The van der Waals surface area contributed by atoms with E-state index in [1.807, 2.05) is 29.6 Å². The van der Waals surface area contributed by atoms with Crippen LogP contribution < -0.4 is 9.64 Å². The number of Topliss-reactive ketones (excluding diaryl/α,β-unsaturated/α-hetero) is 1. The largest absolute Gasteiger partial charge is 0.497 e. The maximum atomic E-state index is 13.0.